The molecule has 0 spiro atoms. The molecule has 0 aromatic heterocycles. The third-order valence-corrected chi connectivity index (χ3v) is 2.79. The molecule has 0 aromatic carbocycles. The lowest BCUT2D eigenvalue weighted by Gasteiger charge is -2.11. The van der Waals surface area contributed by atoms with Gasteiger partial charge in [0.15, 0.2) is 0 Å². The maximum Gasteiger partial charge on any atom is 0.303 e. The van der Waals surface area contributed by atoms with Gasteiger partial charge >= 0.3 is 11.9 Å². The van der Waals surface area contributed by atoms with E-state index in [-0.39, 0.29) is 18.8 Å². The largest absolute Gasteiger partial charge is 0.481 e. The molecule has 0 aliphatic rings. The number of carbonyl (C=O) groups is 2. The van der Waals surface area contributed by atoms with Crippen LogP contribution in [0.4, 0.5) is 0 Å². The highest BCUT2D eigenvalue weighted by atomic mass is 16.4. The molecule has 4 nitrogen and oxygen atoms in total. The molecule has 0 aromatic rings. The summed E-state index contributed by atoms with van der Waals surface area (Å²) in [4.78, 5) is 20.8. The molecule has 1 unspecified atom stereocenters. The van der Waals surface area contributed by atoms with E-state index < -0.39 is 11.9 Å². The number of hydrogen-bond acceptors (Lipinski definition) is 2. The first kappa shape index (κ1) is 14.9. The molecule has 1 atom stereocenters. The lowest BCUT2D eigenvalue weighted by molar-refractivity contribution is -0.138. The van der Waals surface area contributed by atoms with Crippen molar-refractivity contribution in [1.82, 2.24) is 0 Å². The summed E-state index contributed by atoms with van der Waals surface area (Å²) in [5, 5.41) is 17.1. The average Bonchev–Trinajstić information content (AvgIpc) is 2.20. The van der Waals surface area contributed by atoms with Crippen molar-refractivity contribution in [1.29, 1.82) is 0 Å². The number of carboxylic acid groups (broad SMARTS) is 2. The molecule has 0 bridgehead atoms. The molecule has 0 amide bonds. The highest BCUT2D eigenvalue weighted by molar-refractivity contribution is 5.67. The Labute approximate surface area is 96.7 Å². The van der Waals surface area contributed by atoms with Gasteiger partial charge in [-0.25, -0.2) is 0 Å². The molecule has 0 aliphatic heterocycles. The fourth-order valence-electron chi connectivity index (χ4n) is 1.76. The summed E-state index contributed by atoms with van der Waals surface area (Å²) >= 11 is 0. The van der Waals surface area contributed by atoms with Crippen molar-refractivity contribution in [3.8, 4) is 0 Å². The molecule has 94 valence electrons. The van der Waals surface area contributed by atoms with Gasteiger partial charge in [-0.3, -0.25) is 9.59 Å². The van der Waals surface area contributed by atoms with Crippen LogP contribution in [0, 0.1) is 5.92 Å². The summed E-state index contributed by atoms with van der Waals surface area (Å²) in [7, 11) is 0. The van der Waals surface area contributed by atoms with Gasteiger partial charge in [0.1, 0.15) is 0 Å². The second-order valence-electron chi connectivity index (χ2n) is 4.22. The number of rotatable bonds is 10. The molecule has 0 rings (SSSR count). The summed E-state index contributed by atoms with van der Waals surface area (Å²) in [6.07, 6.45) is 6.00. The van der Waals surface area contributed by atoms with Crippen LogP contribution in [0.1, 0.15) is 58.3 Å². The zero-order valence-electron chi connectivity index (χ0n) is 9.95. The van der Waals surface area contributed by atoms with E-state index >= 15 is 0 Å². The topological polar surface area (TPSA) is 74.6 Å². The first-order valence-corrected chi connectivity index (χ1v) is 5.99. The van der Waals surface area contributed by atoms with E-state index in [1.807, 2.05) is 6.92 Å². The van der Waals surface area contributed by atoms with Crippen molar-refractivity contribution in [3.05, 3.63) is 0 Å². The van der Waals surface area contributed by atoms with E-state index in [9.17, 15) is 9.59 Å². The van der Waals surface area contributed by atoms with Crippen molar-refractivity contribution < 1.29 is 19.8 Å². The molecule has 16 heavy (non-hydrogen) atoms. The van der Waals surface area contributed by atoms with E-state index in [0.717, 1.165) is 38.5 Å². The van der Waals surface area contributed by atoms with E-state index in [2.05, 4.69) is 0 Å². The highest BCUT2D eigenvalue weighted by Gasteiger charge is 2.10. The van der Waals surface area contributed by atoms with Gasteiger partial charge in [0.05, 0.1) is 0 Å². The predicted molar refractivity (Wildman–Crippen MR) is 61.4 cm³/mol. The first-order valence-electron chi connectivity index (χ1n) is 5.99. The van der Waals surface area contributed by atoms with Gasteiger partial charge in [0, 0.05) is 12.8 Å². The lowest BCUT2D eigenvalue weighted by Crippen LogP contribution is -2.06. The Morgan fingerprint density at radius 1 is 1.00 bits per heavy atom. The van der Waals surface area contributed by atoms with E-state index in [1.165, 1.54) is 0 Å². The SMILES string of the molecule is CCC(CCCCCCC(=O)O)CC(=O)O. The smallest absolute Gasteiger partial charge is 0.303 e. The Hall–Kier alpha value is -1.06. The number of hydrogen-bond donors (Lipinski definition) is 2. The minimum Gasteiger partial charge on any atom is -0.481 e. The van der Waals surface area contributed by atoms with Gasteiger partial charge in [0.2, 0.25) is 0 Å². The number of aliphatic carboxylic acids is 2. The zero-order valence-corrected chi connectivity index (χ0v) is 9.95. The van der Waals surface area contributed by atoms with Crippen LogP contribution in [0.15, 0.2) is 0 Å². The van der Waals surface area contributed by atoms with Gasteiger partial charge in [-0.05, 0) is 18.8 Å². The fraction of sp³-hybridized carbons (Fsp3) is 0.833. The minimum atomic E-state index is -0.739. The van der Waals surface area contributed by atoms with Crippen molar-refractivity contribution in [2.75, 3.05) is 0 Å². The van der Waals surface area contributed by atoms with Crippen LogP contribution in [-0.2, 0) is 9.59 Å². The third-order valence-electron chi connectivity index (χ3n) is 2.79. The minimum absolute atomic E-state index is 0.242. The monoisotopic (exact) mass is 230 g/mol. The van der Waals surface area contributed by atoms with Crippen LogP contribution in [0.25, 0.3) is 0 Å². The Morgan fingerprint density at radius 2 is 1.62 bits per heavy atom. The molecule has 0 saturated carbocycles. The molecule has 0 aliphatic carbocycles. The third kappa shape index (κ3) is 9.49. The fourth-order valence-corrected chi connectivity index (χ4v) is 1.76. The van der Waals surface area contributed by atoms with Crippen LogP contribution in [-0.4, -0.2) is 22.2 Å². The van der Waals surface area contributed by atoms with Crippen LogP contribution < -0.4 is 0 Å². The maximum absolute atomic E-state index is 10.5. The summed E-state index contributed by atoms with van der Waals surface area (Å²) < 4.78 is 0. The second kappa shape index (κ2) is 9.19. The molecule has 2 N–H and O–H groups in total. The van der Waals surface area contributed by atoms with Crippen molar-refractivity contribution in [2.24, 2.45) is 5.92 Å². The van der Waals surface area contributed by atoms with Gasteiger partial charge < -0.3 is 10.2 Å². The number of carboxylic acids is 2. The van der Waals surface area contributed by atoms with Gasteiger partial charge in [-0.2, -0.15) is 0 Å². The Balaban J connectivity index is 3.41. The highest BCUT2D eigenvalue weighted by Crippen LogP contribution is 2.17. The Bertz CT molecular complexity index is 213. The van der Waals surface area contributed by atoms with Gasteiger partial charge in [-0.1, -0.05) is 32.6 Å². The first-order chi connectivity index (χ1) is 7.56. The van der Waals surface area contributed by atoms with E-state index in [4.69, 9.17) is 10.2 Å². The van der Waals surface area contributed by atoms with E-state index in [0.29, 0.717) is 0 Å². The van der Waals surface area contributed by atoms with Gasteiger partial charge in [-0.15, -0.1) is 0 Å². The van der Waals surface area contributed by atoms with Crippen LogP contribution in [0.5, 0.6) is 0 Å². The standard InChI is InChI=1S/C12H22O4/c1-2-10(9-12(15)16)7-5-3-4-6-8-11(13)14/h10H,2-9H2,1H3,(H,13,14)(H,15,16). The molecular formula is C12H22O4. The average molecular weight is 230 g/mol. The number of unbranched alkanes of at least 4 members (excludes halogenated alkanes) is 3. The molecule has 4 heteroatoms. The normalized spacial score (nSPS) is 12.3. The zero-order chi connectivity index (χ0) is 12.4. The Morgan fingerprint density at radius 3 is 2.12 bits per heavy atom. The summed E-state index contributed by atoms with van der Waals surface area (Å²) in [5.74, 6) is -1.19. The summed E-state index contributed by atoms with van der Waals surface area (Å²) in [5.41, 5.74) is 0. The van der Waals surface area contributed by atoms with Crippen molar-refractivity contribution in [2.45, 2.75) is 58.3 Å². The van der Waals surface area contributed by atoms with E-state index in [1.54, 1.807) is 0 Å². The molecular weight excluding hydrogens is 208 g/mol. The van der Waals surface area contributed by atoms with Crippen molar-refractivity contribution >= 4 is 11.9 Å². The second-order valence-corrected chi connectivity index (χ2v) is 4.22. The quantitative estimate of drug-likeness (QED) is 0.566. The lowest BCUT2D eigenvalue weighted by atomic mass is 9.95. The molecule has 0 fully saturated rings. The van der Waals surface area contributed by atoms with Crippen LogP contribution in [0.3, 0.4) is 0 Å². The van der Waals surface area contributed by atoms with Crippen molar-refractivity contribution in [3.63, 3.8) is 0 Å². The predicted octanol–water partition coefficient (Wildman–Crippen LogP) is 2.91. The maximum atomic E-state index is 10.5. The summed E-state index contributed by atoms with van der Waals surface area (Å²) in [6.45, 7) is 2.01. The Kier molecular flexibility index (Phi) is 8.58. The molecule has 0 heterocycles. The summed E-state index contributed by atoms with van der Waals surface area (Å²) in [6, 6.07) is 0. The van der Waals surface area contributed by atoms with Crippen LogP contribution in [0.2, 0.25) is 0 Å². The molecule has 0 radical (unpaired) electrons. The molecule has 0 saturated heterocycles. The van der Waals surface area contributed by atoms with Crippen LogP contribution >= 0.6 is 0 Å². The van der Waals surface area contributed by atoms with Gasteiger partial charge in [0.25, 0.3) is 0 Å².